The molecule has 0 aliphatic heterocycles. The fourth-order valence-corrected chi connectivity index (χ4v) is 2.92. The second kappa shape index (κ2) is 6.50. The molecule has 0 N–H and O–H groups in total. The molecule has 3 heterocycles. The van der Waals surface area contributed by atoms with E-state index in [1.807, 2.05) is 0 Å². The predicted molar refractivity (Wildman–Crippen MR) is 97.6 cm³/mol. The van der Waals surface area contributed by atoms with Crippen LogP contribution in [-0.4, -0.2) is 26.5 Å². The zero-order valence-electron chi connectivity index (χ0n) is 14.6. The number of benzene rings is 1. The van der Waals surface area contributed by atoms with Gasteiger partial charge in [-0.3, -0.25) is 9.38 Å². The fraction of sp³-hybridized carbons (Fsp3) is 0.100. The average Bonchev–Trinajstić information content (AvgIpc) is 3.19. The minimum Gasteiger partial charge on any atom is -0.468 e. The number of fused-ring (bicyclic) bond motifs is 1. The number of methoxy groups -OCH3 is 1. The molecule has 27 heavy (non-hydrogen) atoms. The van der Waals surface area contributed by atoms with Crippen LogP contribution in [0.4, 0.5) is 4.39 Å². The number of imidazole rings is 1. The zero-order chi connectivity index (χ0) is 19.0. The smallest absolute Gasteiger partial charge is 0.302 e. The number of pyridine rings is 1. The molecule has 0 bridgehead atoms. The number of hydrogen-bond donors (Lipinski definition) is 0. The van der Waals surface area contributed by atoms with Gasteiger partial charge in [0.25, 0.3) is 0 Å². The summed E-state index contributed by atoms with van der Waals surface area (Å²) in [4.78, 5) is 13.2. The monoisotopic (exact) mass is 359 g/mol. The summed E-state index contributed by atoms with van der Waals surface area (Å²) in [7, 11) is 1.52. The maximum absolute atomic E-state index is 14.2. The highest BCUT2D eigenvalue weighted by molar-refractivity contribution is 5.90. The molecule has 4 aromatic rings. The van der Waals surface area contributed by atoms with Crippen molar-refractivity contribution in [3.63, 3.8) is 0 Å². The largest absolute Gasteiger partial charge is 0.468 e. The molecular weight excluding hydrogens is 345 g/mol. The molecular formula is C20H14FN5O. The second-order valence-corrected chi connectivity index (χ2v) is 5.92. The summed E-state index contributed by atoms with van der Waals surface area (Å²) in [5, 5.41) is 9.04. The molecule has 6 nitrogen and oxygen atoms in total. The molecule has 0 saturated heterocycles. The van der Waals surface area contributed by atoms with Crippen LogP contribution in [0.15, 0.2) is 48.9 Å². The molecule has 7 heteroatoms. The van der Waals surface area contributed by atoms with Crippen LogP contribution in [0.5, 0.6) is 6.01 Å². The molecule has 0 spiro atoms. The maximum Gasteiger partial charge on any atom is 0.302 e. The highest BCUT2D eigenvalue weighted by Crippen LogP contribution is 2.36. The SMILES string of the molecule is COc1nc(-c2ccc(C#N)cc2)c(-c2cnc(C)c(F)c2)c2nccn12. The van der Waals surface area contributed by atoms with Crippen molar-refractivity contribution in [2.24, 2.45) is 0 Å². The van der Waals surface area contributed by atoms with Crippen LogP contribution in [0.2, 0.25) is 0 Å². The highest BCUT2D eigenvalue weighted by Gasteiger charge is 2.19. The Bertz CT molecular complexity index is 1190. The first kappa shape index (κ1) is 16.7. The van der Waals surface area contributed by atoms with E-state index in [0.717, 1.165) is 5.56 Å². The van der Waals surface area contributed by atoms with Gasteiger partial charge in [0.15, 0.2) is 5.65 Å². The summed E-state index contributed by atoms with van der Waals surface area (Å²) in [5.41, 5.74) is 3.96. The van der Waals surface area contributed by atoms with E-state index in [9.17, 15) is 4.39 Å². The fourth-order valence-electron chi connectivity index (χ4n) is 2.92. The second-order valence-electron chi connectivity index (χ2n) is 5.92. The van der Waals surface area contributed by atoms with Crippen LogP contribution in [0.25, 0.3) is 28.0 Å². The molecule has 1 aromatic carbocycles. The van der Waals surface area contributed by atoms with Gasteiger partial charge in [-0.2, -0.15) is 10.2 Å². The van der Waals surface area contributed by atoms with E-state index in [4.69, 9.17) is 10.00 Å². The summed E-state index contributed by atoms with van der Waals surface area (Å²) in [6, 6.07) is 10.9. The lowest BCUT2D eigenvalue weighted by atomic mass is 10.00. The number of nitrogens with zero attached hydrogens (tertiary/aromatic N) is 5. The number of rotatable bonds is 3. The zero-order valence-corrected chi connectivity index (χ0v) is 14.6. The van der Waals surface area contributed by atoms with Gasteiger partial charge in [-0.25, -0.2) is 9.37 Å². The Kier molecular flexibility index (Phi) is 4.01. The number of hydrogen-bond acceptors (Lipinski definition) is 5. The van der Waals surface area contributed by atoms with Crippen molar-refractivity contribution >= 4 is 5.65 Å². The molecule has 0 amide bonds. The predicted octanol–water partition coefficient (Wildman–Crippen LogP) is 3.79. The van der Waals surface area contributed by atoms with Gasteiger partial charge < -0.3 is 4.74 Å². The van der Waals surface area contributed by atoms with E-state index >= 15 is 0 Å². The summed E-state index contributed by atoms with van der Waals surface area (Å²) < 4.78 is 21.3. The first-order valence-corrected chi connectivity index (χ1v) is 8.16. The lowest BCUT2D eigenvalue weighted by Crippen LogP contribution is -2.03. The van der Waals surface area contributed by atoms with E-state index in [-0.39, 0.29) is 0 Å². The molecule has 0 aliphatic carbocycles. The quantitative estimate of drug-likeness (QED) is 0.556. The van der Waals surface area contributed by atoms with Gasteiger partial charge >= 0.3 is 6.01 Å². The third kappa shape index (κ3) is 2.77. The minimum absolute atomic E-state index is 0.319. The Morgan fingerprint density at radius 1 is 1.15 bits per heavy atom. The van der Waals surface area contributed by atoms with Crippen molar-refractivity contribution in [3.05, 3.63) is 66.0 Å². The van der Waals surface area contributed by atoms with Gasteiger partial charge in [0.2, 0.25) is 0 Å². The molecule has 132 valence electrons. The highest BCUT2D eigenvalue weighted by atomic mass is 19.1. The van der Waals surface area contributed by atoms with Crippen molar-refractivity contribution in [3.8, 4) is 34.5 Å². The molecule has 4 rings (SSSR count). The van der Waals surface area contributed by atoms with Crippen molar-refractivity contribution in [1.29, 1.82) is 5.26 Å². The number of nitriles is 1. The Morgan fingerprint density at radius 2 is 1.93 bits per heavy atom. The Hall–Kier alpha value is -3.79. The van der Waals surface area contributed by atoms with Crippen LogP contribution >= 0.6 is 0 Å². The number of ether oxygens (including phenoxy) is 1. The van der Waals surface area contributed by atoms with Crippen LogP contribution in [0, 0.1) is 24.1 Å². The standard InChI is InChI=1S/C20H14FN5O/c1-12-16(21)9-15(11-24-12)17-18(14-5-3-13(10-22)4-6-14)25-20(27-2)26-8-7-23-19(17)26/h3-9,11H,1-2H3. The number of aryl methyl sites for hydroxylation is 1. The Balaban J connectivity index is 2.06. The lowest BCUT2D eigenvalue weighted by molar-refractivity contribution is 0.375. The average molecular weight is 359 g/mol. The number of aromatic nitrogens is 4. The van der Waals surface area contributed by atoms with Gasteiger partial charge in [0.05, 0.1) is 35.7 Å². The van der Waals surface area contributed by atoms with Crippen LogP contribution in [0.3, 0.4) is 0 Å². The van der Waals surface area contributed by atoms with Gasteiger partial charge in [0, 0.05) is 29.7 Å². The molecule has 0 atom stereocenters. The van der Waals surface area contributed by atoms with E-state index in [0.29, 0.717) is 39.7 Å². The van der Waals surface area contributed by atoms with E-state index in [1.165, 1.54) is 13.2 Å². The Morgan fingerprint density at radius 3 is 2.59 bits per heavy atom. The lowest BCUT2D eigenvalue weighted by Gasteiger charge is -2.14. The molecule has 0 radical (unpaired) electrons. The van der Waals surface area contributed by atoms with Gasteiger partial charge in [-0.1, -0.05) is 12.1 Å². The summed E-state index contributed by atoms with van der Waals surface area (Å²) >= 11 is 0. The molecule has 0 unspecified atom stereocenters. The molecule has 0 aliphatic rings. The Labute approximate surface area is 154 Å². The van der Waals surface area contributed by atoms with Crippen molar-refractivity contribution in [2.45, 2.75) is 6.92 Å². The van der Waals surface area contributed by atoms with Crippen LogP contribution in [0.1, 0.15) is 11.3 Å². The van der Waals surface area contributed by atoms with E-state index in [2.05, 4.69) is 21.0 Å². The summed E-state index contributed by atoms with van der Waals surface area (Å²) in [6.45, 7) is 1.61. The molecule has 0 fully saturated rings. The first-order valence-electron chi connectivity index (χ1n) is 8.16. The molecule has 0 saturated carbocycles. The third-order valence-corrected chi connectivity index (χ3v) is 4.30. The third-order valence-electron chi connectivity index (χ3n) is 4.30. The van der Waals surface area contributed by atoms with E-state index in [1.54, 1.807) is 54.2 Å². The normalized spacial score (nSPS) is 10.7. The summed E-state index contributed by atoms with van der Waals surface area (Å²) in [6.07, 6.45) is 4.96. The number of halogens is 1. The van der Waals surface area contributed by atoms with Crippen LogP contribution in [-0.2, 0) is 0 Å². The van der Waals surface area contributed by atoms with Crippen LogP contribution < -0.4 is 4.74 Å². The minimum atomic E-state index is -0.404. The topological polar surface area (TPSA) is 76.1 Å². The summed E-state index contributed by atoms with van der Waals surface area (Å²) in [5.74, 6) is -0.404. The van der Waals surface area contributed by atoms with Gasteiger partial charge in [-0.15, -0.1) is 0 Å². The van der Waals surface area contributed by atoms with Crippen molar-refractivity contribution in [1.82, 2.24) is 19.4 Å². The molecule has 3 aromatic heterocycles. The maximum atomic E-state index is 14.2. The van der Waals surface area contributed by atoms with Gasteiger partial charge in [-0.05, 0) is 25.1 Å². The van der Waals surface area contributed by atoms with Crippen molar-refractivity contribution in [2.75, 3.05) is 7.11 Å². The van der Waals surface area contributed by atoms with Gasteiger partial charge in [0.1, 0.15) is 5.82 Å². The van der Waals surface area contributed by atoms with Crippen molar-refractivity contribution < 1.29 is 9.13 Å². The van der Waals surface area contributed by atoms with E-state index < -0.39 is 5.82 Å². The first-order chi connectivity index (χ1) is 13.1.